The van der Waals surface area contributed by atoms with E-state index in [0.717, 1.165) is 5.69 Å². The standard InChI is InChI=1S/C20H24N6O2/c1-20(2,3)26-19(27)13-9-23-18-17(13)25-15(10-24-18)16(21)12-8-11(28-5)6-7-14(12)22-4/h6-10,21-22H,1-5H3,(H,23,24)(H,26,27). The Hall–Kier alpha value is -3.42. The van der Waals surface area contributed by atoms with Crippen LogP contribution in [0.3, 0.4) is 0 Å². The van der Waals surface area contributed by atoms with E-state index >= 15 is 0 Å². The van der Waals surface area contributed by atoms with Crippen molar-refractivity contribution in [2.45, 2.75) is 26.3 Å². The number of ether oxygens (including phenoxy) is 1. The van der Waals surface area contributed by atoms with Gasteiger partial charge in [-0.2, -0.15) is 0 Å². The van der Waals surface area contributed by atoms with E-state index in [1.807, 2.05) is 32.9 Å². The second-order valence-corrected chi connectivity index (χ2v) is 7.40. The lowest BCUT2D eigenvalue weighted by atomic mass is 10.0. The summed E-state index contributed by atoms with van der Waals surface area (Å²) in [5.41, 5.74) is 2.89. The van der Waals surface area contributed by atoms with E-state index in [1.54, 1.807) is 26.4 Å². The van der Waals surface area contributed by atoms with Crippen molar-refractivity contribution in [2.24, 2.45) is 0 Å². The maximum atomic E-state index is 12.6. The first-order valence-electron chi connectivity index (χ1n) is 8.85. The molecule has 0 aliphatic carbocycles. The molecule has 0 atom stereocenters. The molecular formula is C20H24N6O2. The van der Waals surface area contributed by atoms with Crippen LogP contribution in [-0.2, 0) is 0 Å². The smallest absolute Gasteiger partial charge is 0.255 e. The van der Waals surface area contributed by atoms with Crippen LogP contribution in [0.25, 0.3) is 11.2 Å². The van der Waals surface area contributed by atoms with Crippen LogP contribution >= 0.6 is 0 Å². The fourth-order valence-electron chi connectivity index (χ4n) is 2.81. The molecule has 8 nitrogen and oxygen atoms in total. The lowest BCUT2D eigenvalue weighted by molar-refractivity contribution is 0.0921. The highest BCUT2D eigenvalue weighted by Crippen LogP contribution is 2.25. The van der Waals surface area contributed by atoms with E-state index in [9.17, 15) is 4.79 Å². The largest absolute Gasteiger partial charge is 0.497 e. The molecule has 1 amide bonds. The molecule has 146 valence electrons. The van der Waals surface area contributed by atoms with Gasteiger partial charge in [0, 0.05) is 30.0 Å². The number of methoxy groups -OCH3 is 1. The Morgan fingerprint density at radius 3 is 2.64 bits per heavy atom. The summed E-state index contributed by atoms with van der Waals surface area (Å²) in [5, 5.41) is 14.6. The first kappa shape index (κ1) is 19.3. The number of anilines is 1. The zero-order valence-corrected chi connectivity index (χ0v) is 16.6. The molecule has 0 spiro atoms. The van der Waals surface area contributed by atoms with Gasteiger partial charge in [0.15, 0.2) is 5.65 Å². The van der Waals surface area contributed by atoms with Gasteiger partial charge in [0.1, 0.15) is 17.0 Å². The summed E-state index contributed by atoms with van der Waals surface area (Å²) in [6.07, 6.45) is 3.11. The lowest BCUT2D eigenvalue weighted by Gasteiger charge is -2.20. The summed E-state index contributed by atoms with van der Waals surface area (Å²) in [6.45, 7) is 5.73. The predicted octanol–water partition coefficient (Wildman–Crippen LogP) is 2.95. The quantitative estimate of drug-likeness (QED) is 0.508. The number of carbonyl (C=O) groups excluding carboxylic acids is 1. The lowest BCUT2D eigenvalue weighted by Crippen LogP contribution is -2.40. The maximum Gasteiger partial charge on any atom is 0.255 e. The van der Waals surface area contributed by atoms with Crippen LogP contribution in [0, 0.1) is 5.41 Å². The number of fused-ring (bicyclic) bond motifs is 1. The molecule has 28 heavy (non-hydrogen) atoms. The van der Waals surface area contributed by atoms with Gasteiger partial charge in [-0.3, -0.25) is 10.2 Å². The van der Waals surface area contributed by atoms with E-state index in [1.165, 1.54) is 6.20 Å². The Balaban J connectivity index is 2.04. The van der Waals surface area contributed by atoms with Gasteiger partial charge >= 0.3 is 0 Å². The molecule has 0 saturated carbocycles. The monoisotopic (exact) mass is 380 g/mol. The first-order valence-corrected chi connectivity index (χ1v) is 8.85. The van der Waals surface area contributed by atoms with Crippen LogP contribution in [0.15, 0.2) is 30.6 Å². The molecule has 4 N–H and O–H groups in total. The average molecular weight is 380 g/mol. The fraction of sp³-hybridized carbons (Fsp3) is 0.300. The molecule has 8 heteroatoms. The minimum absolute atomic E-state index is 0.182. The Morgan fingerprint density at radius 2 is 2.00 bits per heavy atom. The summed E-state index contributed by atoms with van der Waals surface area (Å²) in [5.74, 6) is 0.397. The van der Waals surface area contributed by atoms with Crippen molar-refractivity contribution in [3.63, 3.8) is 0 Å². The molecule has 0 saturated heterocycles. The number of benzene rings is 1. The van der Waals surface area contributed by atoms with Gasteiger partial charge in [0.25, 0.3) is 5.91 Å². The van der Waals surface area contributed by atoms with Crippen LogP contribution in [-0.4, -0.2) is 46.3 Å². The van der Waals surface area contributed by atoms with Crippen LogP contribution < -0.4 is 15.4 Å². The zero-order chi connectivity index (χ0) is 20.5. The summed E-state index contributed by atoms with van der Waals surface area (Å²) in [7, 11) is 3.36. The Labute approximate surface area is 163 Å². The number of nitrogens with zero attached hydrogens (tertiary/aromatic N) is 2. The normalized spacial score (nSPS) is 11.3. The molecule has 2 heterocycles. The highest BCUT2D eigenvalue weighted by Gasteiger charge is 2.21. The minimum Gasteiger partial charge on any atom is -0.497 e. The molecule has 3 rings (SSSR count). The van der Waals surface area contributed by atoms with Crippen molar-refractivity contribution in [2.75, 3.05) is 19.5 Å². The van der Waals surface area contributed by atoms with Crippen molar-refractivity contribution in [1.29, 1.82) is 5.41 Å². The molecule has 0 aliphatic rings. The van der Waals surface area contributed by atoms with E-state index in [2.05, 4.69) is 25.6 Å². The minimum atomic E-state index is -0.374. The molecule has 0 aliphatic heterocycles. The zero-order valence-electron chi connectivity index (χ0n) is 16.6. The average Bonchev–Trinajstić information content (AvgIpc) is 3.08. The van der Waals surface area contributed by atoms with Gasteiger partial charge in [-0.25, -0.2) is 9.97 Å². The van der Waals surface area contributed by atoms with Gasteiger partial charge in [0.2, 0.25) is 0 Å². The van der Waals surface area contributed by atoms with Gasteiger partial charge in [-0.05, 0) is 39.0 Å². The number of carbonyl (C=O) groups is 1. The van der Waals surface area contributed by atoms with E-state index < -0.39 is 0 Å². The predicted molar refractivity (Wildman–Crippen MR) is 110 cm³/mol. The van der Waals surface area contributed by atoms with Gasteiger partial charge < -0.3 is 20.4 Å². The second-order valence-electron chi connectivity index (χ2n) is 7.40. The molecule has 0 fully saturated rings. The number of nitrogens with one attached hydrogen (secondary N) is 4. The summed E-state index contributed by atoms with van der Waals surface area (Å²) < 4.78 is 5.28. The molecule has 0 radical (unpaired) electrons. The maximum absolute atomic E-state index is 12.6. The number of H-pyrrole nitrogens is 1. The van der Waals surface area contributed by atoms with Gasteiger partial charge in [-0.1, -0.05) is 0 Å². The van der Waals surface area contributed by atoms with Crippen molar-refractivity contribution >= 4 is 28.5 Å². The van der Waals surface area contributed by atoms with Gasteiger partial charge in [0.05, 0.1) is 24.6 Å². The second kappa shape index (κ2) is 7.30. The number of rotatable bonds is 5. The number of amides is 1. The van der Waals surface area contributed by atoms with E-state index in [4.69, 9.17) is 10.1 Å². The SMILES string of the molecule is CNc1ccc(OC)cc1C(=N)c1cnc2[nH]cc(C(=O)NC(C)(C)C)c2n1. The van der Waals surface area contributed by atoms with Crippen LogP contribution in [0.5, 0.6) is 5.75 Å². The third-order valence-electron chi connectivity index (χ3n) is 4.14. The molecule has 2 aromatic heterocycles. The molecule has 0 bridgehead atoms. The Morgan fingerprint density at radius 1 is 1.25 bits per heavy atom. The van der Waals surface area contributed by atoms with Crippen molar-refractivity contribution in [1.82, 2.24) is 20.3 Å². The third kappa shape index (κ3) is 3.80. The molecule has 0 unspecified atom stereocenters. The van der Waals surface area contributed by atoms with Crippen molar-refractivity contribution in [3.8, 4) is 5.75 Å². The number of aromatic nitrogens is 3. The summed E-state index contributed by atoms with van der Waals surface area (Å²) >= 11 is 0. The fourth-order valence-corrected chi connectivity index (χ4v) is 2.81. The topological polar surface area (TPSA) is 116 Å². The first-order chi connectivity index (χ1) is 13.2. The summed E-state index contributed by atoms with van der Waals surface area (Å²) in [6, 6.07) is 5.43. The van der Waals surface area contributed by atoms with E-state index in [-0.39, 0.29) is 17.2 Å². The van der Waals surface area contributed by atoms with Crippen molar-refractivity contribution in [3.05, 3.63) is 47.4 Å². The van der Waals surface area contributed by atoms with E-state index in [0.29, 0.717) is 33.7 Å². The Bertz CT molecular complexity index is 1050. The highest BCUT2D eigenvalue weighted by molar-refractivity contribution is 6.14. The highest BCUT2D eigenvalue weighted by atomic mass is 16.5. The molecular weight excluding hydrogens is 356 g/mol. The number of hydrogen-bond donors (Lipinski definition) is 4. The Kier molecular flexibility index (Phi) is 5.04. The number of aromatic amines is 1. The van der Waals surface area contributed by atoms with Crippen LogP contribution in [0.1, 0.15) is 42.4 Å². The van der Waals surface area contributed by atoms with Crippen LogP contribution in [0.4, 0.5) is 5.69 Å². The van der Waals surface area contributed by atoms with Gasteiger partial charge in [-0.15, -0.1) is 0 Å². The molecule has 3 aromatic rings. The molecule has 1 aromatic carbocycles. The summed E-state index contributed by atoms with van der Waals surface area (Å²) in [4.78, 5) is 24.4. The van der Waals surface area contributed by atoms with Crippen molar-refractivity contribution < 1.29 is 9.53 Å². The third-order valence-corrected chi connectivity index (χ3v) is 4.14. The number of hydrogen-bond acceptors (Lipinski definition) is 6. The van der Waals surface area contributed by atoms with Crippen LogP contribution in [0.2, 0.25) is 0 Å².